The summed E-state index contributed by atoms with van der Waals surface area (Å²) in [5, 5.41) is 18.8. The number of carboxylic acids is 1. The number of aromatic nitrogens is 1. The van der Waals surface area contributed by atoms with E-state index >= 15 is 0 Å². The SMILES string of the molecule is Cc1cc(O)c2cc(C(=O)O)[nH]c2c1. The van der Waals surface area contributed by atoms with E-state index in [0.29, 0.717) is 10.9 Å². The zero-order valence-electron chi connectivity index (χ0n) is 7.53. The molecule has 0 spiro atoms. The number of carboxylic acid groups (broad SMARTS) is 1. The molecule has 0 atom stereocenters. The Bertz CT molecular complexity index is 513. The number of hydrogen-bond donors (Lipinski definition) is 3. The summed E-state index contributed by atoms with van der Waals surface area (Å²) in [6.45, 7) is 1.83. The minimum absolute atomic E-state index is 0.0842. The number of aromatic hydroxyl groups is 1. The van der Waals surface area contributed by atoms with Crippen LogP contribution in [0.3, 0.4) is 0 Å². The molecular formula is C10H9NO3. The van der Waals surface area contributed by atoms with Gasteiger partial charge in [-0.1, -0.05) is 0 Å². The van der Waals surface area contributed by atoms with Crippen molar-refractivity contribution in [3.05, 3.63) is 29.5 Å². The highest BCUT2D eigenvalue weighted by molar-refractivity contribution is 5.96. The summed E-state index contributed by atoms with van der Waals surface area (Å²) in [5.74, 6) is -0.929. The third-order valence-electron chi connectivity index (χ3n) is 2.09. The van der Waals surface area contributed by atoms with E-state index in [0.717, 1.165) is 5.56 Å². The summed E-state index contributed by atoms with van der Waals surface area (Å²) < 4.78 is 0. The lowest BCUT2D eigenvalue weighted by atomic mass is 10.1. The number of hydrogen-bond acceptors (Lipinski definition) is 2. The van der Waals surface area contributed by atoms with Gasteiger partial charge in [0.25, 0.3) is 0 Å². The Morgan fingerprint density at radius 3 is 2.71 bits per heavy atom. The lowest BCUT2D eigenvalue weighted by Gasteiger charge is -1.96. The number of carbonyl (C=O) groups is 1. The van der Waals surface area contributed by atoms with E-state index in [4.69, 9.17) is 5.11 Å². The summed E-state index contributed by atoms with van der Waals surface area (Å²) in [5.41, 5.74) is 1.61. The van der Waals surface area contributed by atoms with Gasteiger partial charge in [0.1, 0.15) is 11.4 Å². The number of nitrogens with one attached hydrogen (secondary N) is 1. The van der Waals surface area contributed by atoms with Gasteiger partial charge in [-0.3, -0.25) is 0 Å². The van der Waals surface area contributed by atoms with Gasteiger partial charge in [0, 0.05) is 5.39 Å². The molecule has 0 saturated heterocycles. The molecule has 14 heavy (non-hydrogen) atoms. The van der Waals surface area contributed by atoms with Crippen LogP contribution in [0, 0.1) is 6.92 Å². The highest BCUT2D eigenvalue weighted by Crippen LogP contribution is 2.26. The molecule has 0 unspecified atom stereocenters. The van der Waals surface area contributed by atoms with E-state index in [9.17, 15) is 9.90 Å². The zero-order chi connectivity index (χ0) is 10.3. The number of aryl methyl sites for hydroxylation is 1. The van der Waals surface area contributed by atoms with Crippen LogP contribution in [-0.2, 0) is 0 Å². The van der Waals surface area contributed by atoms with Crippen molar-refractivity contribution in [1.82, 2.24) is 4.98 Å². The summed E-state index contributed by atoms with van der Waals surface area (Å²) in [4.78, 5) is 13.4. The van der Waals surface area contributed by atoms with E-state index in [2.05, 4.69) is 4.98 Å². The van der Waals surface area contributed by atoms with Gasteiger partial charge in [-0.2, -0.15) is 0 Å². The zero-order valence-corrected chi connectivity index (χ0v) is 7.53. The lowest BCUT2D eigenvalue weighted by molar-refractivity contribution is 0.0691. The highest BCUT2D eigenvalue weighted by atomic mass is 16.4. The Morgan fingerprint density at radius 2 is 2.07 bits per heavy atom. The largest absolute Gasteiger partial charge is 0.507 e. The molecule has 2 rings (SSSR count). The average molecular weight is 191 g/mol. The van der Waals surface area contributed by atoms with Gasteiger partial charge in [0.2, 0.25) is 0 Å². The maximum Gasteiger partial charge on any atom is 0.352 e. The molecule has 0 aliphatic heterocycles. The fourth-order valence-corrected chi connectivity index (χ4v) is 1.47. The van der Waals surface area contributed by atoms with Gasteiger partial charge in [-0.05, 0) is 30.7 Å². The molecule has 0 amide bonds. The van der Waals surface area contributed by atoms with Crippen molar-refractivity contribution < 1.29 is 15.0 Å². The van der Waals surface area contributed by atoms with E-state index in [-0.39, 0.29) is 11.4 Å². The first kappa shape index (κ1) is 8.62. The Labute approximate surface area is 79.8 Å². The molecule has 0 fully saturated rings. The smallest absolute Gasteiger partial charge is 0.352 e. The Morgan fingerprint density at radius 1 is 1.36 bits per heavy atom. The van der Waals surface area contributed by atoms with Crippen molar-refractivity contribution in [2.24, 2.45) is 0 Å². The van der Waals surface area contributed by atoms with E-state index < -0.39 is 5.97 Å². The van der Waals surface area contributed by atoms with Gasteiger partial charge in [-0.25, -0.2) is 4.79 Å². The molecule has 2 aromatic rings. The number of fused-ring (bicyclic) bond motifs is 1. The average Bonchev–Trinajstić information content (AvgIpc) is 2.47. The molecule has 1 heterocycles. The molecular weight excluding hydrogens is 182 g/mol. The summed E-state index contributed by atoms with van der Waals surface area (Å²) in [6.07, 6.45) is 0. The van der Waals surface area contributed by atoms with Gasteiger partial charge >= 0.3 is 5.97 Å². The summed E-state index contributed by atoms with van der Waals surface area (Å²) >= 11 is 0. The Hall–Kier alpha value is -1.97. The van der Waals surface area contributed by atoms with Gasteiger partial charge in [0.05, 0.1) is 5.52 Å². The molecule has 72 valence electrons. The van der Waals surface area contributed by atoms with Crippen LogP contribution in [0.1, 0.15) is 16.1 Å². The fourth-order valence-electron chi connectivity index (χ4n) is 1.47. The van der Waals surface area contributed by atoms with Crippen LogP contribution in [0.25, 0.3) is 10.9 Å². The molecule has 4 nitrogen and oxygen atoms in total. The monoisotopic (exact) mass is 191 g/mol. The molecule has 4 heteroatoms. The maximum absolute atomic E-state index is 10.7. The van der Waals surface area contributed by atoms with Crippen molar-refractivity contribution in [2.45, 2.75) is 6.92 Å². The number of rotatable bonds is 1. The van der Waals surface area contributed by atoms with Crippen LogP contribution in [0.5, 0.6) is 5.75 Å². The molecule has 0 saturated carbocycles. The number of phenols is 1. The Kier molecular flexibility index (Phi) is 1.70. The number of H-pyrrole nitrogens is 1. The lowest BCUT2D eigenvalue weighted by Crippen LogP contribution is -1.94. The summed E-state index contributed by atoms with van der Waals surface area (Å²) in [6, 6.07) is 4.82. The Balaban J connectivity index is 2.76. The highest BCUT2D eigenvalue weighted by Gasteiger charge is 2.10. The van der Waals surface area contributed by atoms with Crippen LogP contribution in [-0.4, -0.2) is 21.2 Å². The van der Waals surface area contributed by atoms with Gasteiger partial charge in [-0.15, -0.1) is 0 Å². The number of aromatic amines is 1. The second kappa shape index (κ2) is 2.77. The van der Waals surface area contributed by atoms with Crippen LogP contribution < -0.4 is 0 Å². The van der Waals surface area contributed by atoms with Crippen LogP contribution in [0.15, 0.2) is 18.2 Å². The molecule has 0 radical (unpaired) electrons. The quantitative estimate of drug-likeness (QED) is 0.644. The van der Waals surface area contributed by atoms with E-state index in [1.807, 2.05) is 6.92 Å². The number of phenolic OH excluding ortho intramolecular Hbond substituents is 1. The van der Waals surface area contributed by atoms with Crippen LogP contribution >= 0.6 is 0 Å². The van der Waals surface area contributed by atoms with Crippen LogP contribution in [0.4, 0.5) is 0 Å². The normalized spacial score (nSPS) is 10.6. The first-order valence-electron chi connectivity index (χ1n) is 4.13. The predicted molar refractivity (Wildman–Crippen MR) is 51.7 cm³/mol. The van der Waals surface area contributed by atoms with Crippen molar-refractivity contribution in [1.29, 1.82) is 0 Å². The second-order valence-corrected chi connectivity index (χ2v) is 3.23. The second-order valence-electron chi connectivity index (χ2n) is 3.23. The van der Waals surface area contributed by atoms with Gasteiger partial charge < -0.3 is 15.2 Å². The van der Waals surface area contributed by atoms with Crippen molar-refractivity contribution in [3.8, 4) is 5.75 Å². The molecule has 0 aliphatic rings. The molecule has 1 aromatic heterocycles. The minimum Gasteiger partial charge on any atom is -0.507 e. The molecule has 3 N–H and O–H groups in total. The first-order chi connectivity index (χ1) is 6.58. The number of aromatic carboxylic acids is 1. The molecule has 1 aromatic carbocycles. The molecule has 0 aliphatic carbocycles. The standard InChI is InChI=1S/C10H9NO3/c1-5-2-7-6(9(12)3-5)4-8(11-7)10(13)14/h2-4,11-12H,1H3,(H,13,14). The van der Waals surface area contributed by atoms with Crippen molar-refractivity contribution in [3.63, 3.8) is 0 Å². The maximum atomic E-state index is 10.7. The fraction of sp³-hybridized carbons (Fsp3) is 0.100. The predicted octanol–water partition coefficient (Wildman–Crippen LogP) is 1.88. The van der Waals surface area contributed by atoms with Crippen LogP contribution in [0.2, 0.25) is 0 Å². The minimum atomic E-state index is -1.03. The molecule has 0 bridgehead atoms. The van der Waals surface area contributed by atoms with E-state index in [1.54, 1.807) is 12.1 Å². The van der Waals surface area contributed by atoms with E-state index in [1.165, 1.54) is 6.07 Å². The third kappa shape index (κ3) is 1.21. The number of benzene rings is 1. The first-order valence-corrected chi connectivity index (χ1v) is 4.13. The summed E-state index contributed by atoms with van der Waals surface area (Å²) in [7, 11) is 0. The third-order valence-corrected chi connectivity index (χ3v) is 2.09. The van der Waals surface area contributed by atoms with Crippen molar-refractivity contribution >= 4 is 16.9 Å². The van der Waals surface area contributed by atoms with Crippen molar-refractivity contribution in [2.75, 3.05) is 0 Å². The van der Waals surface area contributed by atoms with Gasteiger partial charge in [0.15, 0.2) is 0 Å². The topological polar surface area (TPSA) is 73.3 Å².